The number of nitriles is 1. The lowest BCUT2D eigenvalue weighted by Crippen LogP contribution is -2.56. The molecule has 1 amide bonds. The lowest BCUT2D eigenvalue weighted by Gasteiger charge is -2.40. The summed E-state index contributed by atoms with van der Waals surface area (Å²) in [5.74, 6) is 1.48. The average Bonchev–Trinajstić information content (AvgIpc) is 3.51. The van der Waals surface area contributed by atoms with E-state index in [0.717, 1.165) is 48.2 Å². The Morgan fingerprint density at radius 3 is 2.89 bits per heavy atom. The summed E-state index contributed by atoms with van der Waals surface area (Å²) in [7, 11) is 2.10. The summed E-state index contributed by atoms with van der Waals surface area (Å²) >= 11 is 7.10. The second-order valence-electron chi connectivity index (χ2n) is 12.6. The number of likely N-dealkylation sites (tertiary alicyclic amines) is 1. The van der Waals surface area contributed by atoms with Crippen LogP contribution in [0.3, 0.4) is 0 Å². The van der Waals surface area contributed by atoms with Crippen molar-refractivity contribution in [2.45, 2.75) is 43.7 Å². The first-order valence-electron chi connectivity index (χ1n) is 15.5. The predicted octanol–water partition coefficient (Wildman–Crippen LogP) is 5.68. The average molecular weight is 607 g/mol. The summed E-state index contributed by atoms with van der Waals surface area (Å²) in [6, 6.07) is 12.8. The van der Waals surface area contributed by atoms with Crippen LogP contribution in [0.1, 0.15) is 41.9 Å². The van der Waals surface area contributed by atoms with Gasteiger partial charge in [-0.3, -0.25) is 4.79 Å². The topological polar surface area (TPSA) is 77.1 Å². The number of anilines is 1. The molecule has 2 aromatic carbocycles. The van der Waals surface area contributed by atoms with E-state index in [1.807, 2.05) is 6.07 Å². The highest BCUT2D eigenvalue weighted by molar-refractivity contribution is 6.34. The molecule has 4 atom stereocenters. The second-order valence-corrected chi connectivity index (χ2v) is 13.0. The normalized spacial score (nSPS) is 24.0. The SMILES string of the molecule is [C-]#[N+]C[C@H]1CN(c2c(C#N)c(OC[C@@H]3CCCN3C)nc3cc(-c4cccc5c4C4CC4C5)c(Cl)cc23)CCN1C(=O)C=C. The van der Waals surface area contributed by atoms with Gasteiger partial charge < -0.3 is 24.3 Å². The van der Waals surface area contributed by atoms with E-state index in [0.29, 0.717) is 59.8 Å². The third-order valence-corrected chi connectivity index (χ3v) is 10.3. The van der Waals surface area contributed by atoms with Crippen molar-refractivity contribution in [1.29, 1.82) is 5.26 Å². The Morgan fingerprint density at radius 2 is 2.14 bits per heavy atom. The Morgan fingerprint density at radius 1 is 1.27 bits per heavy atom. The first kappa shape index (κ1) is 28.6. The molecule has 8 nitrogen and oxygen atoms in total. The van der Waals surface area contributed by atoms with Crippen LogP contribution in [0.2, 0.25) is 5.02 Å². The predicted molar refractivity (Wildman–Crippen MR) is 172 cm³/mol. The number of amides is 1. The molecule has 3 fully saturated rings. The molecule has 7 rings (SSSR count). The molecular formula is C35H35ClN6O2. The lowest BCUT2D eigenvalue weighted by atomic mass is 9.93. The number of carbonyl (C=O) groups is 1. The summed E-state index contributed by atoms with van der Waals surface area (Å²) in [6.45, 7) is 14.1. The van der Waals surface area contributed by atoms with Crippen molar-refractivity contribution in [3.05, 3.63) is 76.1 Å². The third-order valence-electron chi connectivity index (χ3n) is 10.0. The minimum atomic E-state index is -0.342. The molecule has 0 N–H and O–H groups in total. The van der Waals surface area contributed by atoms with Gasteiger partial charge in [0.2, 0.25) is 18.3 Å². The minimum Gasteiger partial charge on any atom is -0.475 e. The molecule has 1 saturated carbocycles. The van der Waals surface area contributed by atoms with Crippen LogP contribution in [0, 0.1) is 23.8 Å². The molecule has 224 valence electrons. The van der Waals surface area contributed by atoms with Crippen molar-refractivity contribution >= 4 is 34.1 Å². The van der Waals surface area contributed by atoms with E-state index < -0.39 is 0 Å². The first-order valence-corrected chi connectivity index (χ1v) is 15.8. The van der Waals surface area contributed by atoms with E-state index in [2.05, 4.69) is 58.6 Å². The van der Waals surface area contributed by atoms with Crippen molar-refractivity contribution in [2.75, 3.05) is 51.3 Å². The van der Waals surface area contributed by atoms with Crippen LogP contribution in [0.4, 0.5) is 5.69 Å². The van der Waals surface area contributed by atoms with E-state index in [1.54, 1.807) is 4.90 Å². The Kier molecular flexibility index (Phi) is 7.44. The van der Waals surface area contributed by atoms with Crippen LogP contribution in [0.25, 0.3) is 26.9 Å². The molecule has 0 bridgehead atoms. The molecule has 2 aliphatic heterocycles. The van der Waals surface area contributed by atoms with Crippen molar-refractivity contribution < 1.29 is 9.53 Å². The van der Waals surface area contributed by atoms with Crippen LogP contribution in [0.15, 0.2) is 43.0 Å². The number of fused-ring (bicyclic) bond motifs is 4. The maximum atomic E-state index is 12.6. The number of piperazine rings is 1. The zero-order valence-corrected chi connectivity index (χ0v) is 25.7. The van der Waals surface area contributed by atoms with Crippen molar-refractivity contribution in [3.8, 4) is 23.1 Å². The van der Waals surface area contributed by atoms with Gasteiger partial charge in [0.05, 0.1) is 11.2 Å². The van der Waals surface area contributed by atoms with Crippen molar-refractivity contribution in [1.82, 2.24) is 14.8 Å². The van der Waals surface area contributed by atoms with Crippen molar-refractivity contribution in [2.24, 2.45) is 5.92 Å². The Bertz CT molecular complexity index is 1760. The fraction of sp³-hybridized carbons (Fsp3) is 0.429. The Balaban J connectivity index is 1.35. The van der Waals surface area contributed by atoms with Gasteiger partial charge in [0, 0.05) is 41.6 Å². The van der Waals surface area contributed by atoms with Crippen LogP contribution >= 0.6 is 11.6 Å². The molecule has 44 heavy (non-hydrogen) atoms. The summed E-state index contributed by atoms with van der Waals surface area (Å²) in [4.78, 5) is 27.3. The van der Waals surface area contributed by atoms with Gasteiger partial charge in [0.15, 0.2) is 0 Å². The van der Waals surface area contributed by atoms with Gasteiger partial charge in [-0.25, -0.2) is 11.6 Å². The molecule has 2 aliphatic carbocycles. The second kappa shape index (κ2) is 11.4. The number of pyridine rings is 1. The quantitative estimate of drug-likeness (QED) is 0.254. The highest BCUT2D eigenvalue weighted by atomic mass is 35.5. The lowest BCUT2D eigenvalue weighted by molar-refractivity contribution is -0.128. The number of hydrogen-bond acceptors (Lipinski definition) is 6. The van der Waals surface area contributed by atoms with Gasteiger partial charge in [0.1, 0.15) is 24.3 Å². The molecule has 9 heteroatoms. The van der Waals surface area contributed by atoms with E-state index in [9.17, 15) is 10.1 Å². The molecular weight excluding hydrogens is 572 g/mol. The highest BCUT2D eigenvalue weighted by Crippen LogP contribution is 2.59. The highest BCUT2D eigenvalue weighted by Gasteiger charge is 2.46. The van der Waals surface area contributed by atoms with Gasteiger partial charge in [0.25, 0.3) is 0 Å². The molecule has 2 unspecified atom stereocenters. The number of rotatable bonds is 7. The molecule has 3 heterocycles. The van der Waals surface area contributed by atoms with Gasteiger partial charge >= 0.3 is 0 Å². The van der Waals surface area contributed by atoms with Gasteiger partial charge in [-0.2, -0.15) is 5.26 Å². The number of likely N-dealkylation sites (N-methyl/N-ethyl adjacent to an activating group) is 1. The van der Waals surface area contributed by atoms with Crippen LogP contribution < -0.4 is 9.64 Å². The third kappa shape index (κ3) is 4.87. The zero-order valence-electron chi connectivity index (χ0n) is 24.9. The maximum Gasteiger partial charge on any atom is 0.246 e. The zero-order chi connectivity index (χ0) is 30.5. The first-order chi connectivity index (χ1) is 21.4. The minimum absolute atomic E-state index is 0.157. The number of benzene rings is 2. The van der Waals surface area contributed by atoms with E-state index in [1.165, 1.54) is 23.6 Å². The van der Waals surface area contributed by atoms with Gasteiger partial charge in [-0.1, -0.05) is 36.4 Å². The molecule has 1 aromatic heterocycles. The largest absolute Gasteiger partial charge is 0.475 e. The number of halogens is 1. The van der Waals surface area contributed by atoms with E-state index >= 15 is 0 Å². The van der Waals surface area contributed by atoms with Crippen LogP contribution in [0.5, 0.6) is 5.88 Å². The molecule has 2 saturated heterocycles. The number of ether oxygens (including phenoxy) is 1. The summed E-state index contributed by atoms with van der Waals surface area (Å²) in [5, 5.41) is 11.9. The fourth-order valence-corrected chi connectivity index (χ4v) is 7.92. The molecule has 0 spiro atoms. The summed E-state index contributed by atoms with van der Waals surface area (Å²) < 4.78 is 6.39. The van der Waals surface area contributed by atoms with Crippen molar-refractivity contribution in [3.63, 3.8) is 0 Å². The monoisotopic (exact) mass is 606 g/mol. The van der Waals surface area contributed by atoms with E-state index in [4.69, 9.17) is 27.9 Å². The van der Waals surface area contributed by atoms with Gasteiger partial charge in [-0.05, 0) is 86.0 Å². The standard InChI is InChI=1S/C35H35ClN6O2/c1-4-32(43)42-12-11-41(19-24(42)18-38-2)34-28-15-30(36)27(25-9-5-7-21-13-22-14-26(22)33(21)25)16-31(28)39-35(29(34)17-37)44-20-23-8-6-10-40(23)3/h4-5,7,9,15-16,22-24,26H,1,6,8,10-14,18-20H2,3H3/t22?,23-,24-,26?/m0/s1. The van der Waals surface area contributed by atoms with Gasteiger partial charge in [-0.15, -0.1) is 0 Å². The van der Waals surface area contributed by atoms with E-state index in [-0.39, 0.29) is 24.5 Å². The maximum absolute atomic E-state index is 12.6. The van der Waals surface area contributed by atoms with Crippen LogP contribution in [-0.4, -0.2) is 79.2 Å². The number of aromatic nitrogens is 1. The smallest absolute Gasteiger partial charge is 0.246 e. The molecule has 0 radical (unpaired) electrons. The fourth-order valence-electron chi connectivity index (χ4n) is 7.65. The Labute approximate surface area is 263 Å². The number of carbonyl (C=O) groups excluding carboxylic acids is 1. The molecule has 3 aromatic rings. The Hall–Kier alpha value is -4.11. The number of hydrogen-bond donors (Lipinski definition) is 0. The number of nitrogens with zero attached hydrogens (tertiary/aromatic N) is 6. The van der Waals surface area contributed by atoms with Crippen LogP contribution in [-0.2, 0) is 11.2 Å². The molecule has 4 aliphatic rings. The summed E-state index contributed by atoms with van der Waals surface area (Å²) in [6.07, 6.45) is 5.83. The summed E-state index contributed by atoms with van der Waals surface area (Å²) in [5.41, 5.74) is 6.70.